The van der Waals surface area contributed by atoms with Crippen molar-refractivity contribution in [3.63, 3.8) is 0 Å². The molecule has 32 heavy (non-hydrogen) atoms. The molecule has 1 aliphatic heterocycles. The summed E-state index contributed by atoms with van der Waals surface area (Å²) in [7, 11) is -4.09. The number of carbonyl (C=O) groups is 2. The van der Waals surface area contributed by atoms with Crippen LogP contribution in [0.15, 0.2) is 30.3 Å². The maximum absolute atomic E-state index is 13.1. The fraction of sp³-hybridized carbons (Fsp3) is 0.636. The van der Waals surface area contributed by atoms with Gasteiger partial charge in [0, 0.05) is 19.6 Å². The van der Waals surface area contributed by atoms with Crippen molar-refractivity contribution < 1.29 is 27.5 Å². The normalized spacial score (nSPS) is 18.0. The van der Waals surface area contributed by atoms with Crippen LogP contribution in [0.25, 0.3) is 0 Å². The van der Waals surface area contributed by atoms with Crippen LogP contribution in [0.4, 0.5) is 9.59 Å². The molecular formula is C22H35N3O6S. The number of rotatable bonds is 5. The zero-order valence-corrected chi connectivity index (χ0v) is 20.6. The minimum atomic E-state index is -4.09. The first kappa shape index (κ1) is 25.9. The van der Waals surface area contributed by atoms with E-state index >= 15 is 0 Å². The highest BCUT2D eigenvalue weighted by Crippen LogP contribution is 2.25. The van der Waals surface area contributed by atoms with Crippen molar-refractivity contribution >= 4 is 22.4 Å². The Kier molecular flexibility index (Phi) is 8.17. The van der Waals surface area contributed by atoms with Crippen molar-refractivity contribution in [2.24, 2.45) is 5.41 Å². The first-order valence-electron chi connectivity index (χ1n) is 10.7. The third kappa shape index (κ3) is 7.37. The molecule has 1 aromatic rings. The Hall–Kier alpha value is -2.33. The summed E-state index contributed by atoms with van der Waals surface area (Å²) in [6, 6.07) is 8.52. The summed E-state index contributed by atoms with van der Waals surface area (Å²) >= 11 is 0. The quantitative estimate of drug-likeness (QED) is 0.707. The molecule has 1 aromatic carbocycles. The summed E-state index contributed by atoms with van der Waals surface area (Å²) in [6.07, 6.45) is -1.07. The molecule has 1 fully saturated rings. The zero-order chi connectivity index (χ0) is 24.2. The highest BCUT2D eigenvalue weighted by Gasteiger charge is 2.41. The van der Waals surface area contributed by atoms with Crippen LogP contribution >= 0.6 is 0 Å². The summed E-state index contributed by atoms with van der Waals surface area (Å²) in [6.45, 7) is 11.3. The lowest BCUT2D eigenvalue weighted by Crippen LogP contribution is -2.58. The van der Waals surface area contributed by atoms with Crippen LogP contribution in [0.5, 0.6) is 0 Å². The molecule has 0 unspecified atom stereocenters. The van der Waals surface area contributed by atoms with Crippen molar-refractivity contribution in [3.05, 3.63) is 35.9 Å². The van der Waals surface area contributed by atoms with Crippen LogP contribution in [-0.2, 0) is 26.3 Å². The van der Waals surface area contributed by atoms with E-state index in [4.69, 9.17) is 9.47 Å². The number of carbonyl (C=O) groups excluding carboxylic acids is 2. The molecule has 0 spiro atoms. The van der Waals surface area contributed by atoms with Crippen LogP contribution in [0, 0.1) is 5.41 Å². The number of nitrogens with zero attached hydrogens (tertiary/aromatic N) is 2. The number of ether oxygens (including phenoxy) is 2. The second-order valence-corrected chi connectivity index (χ2v) is 11.7. The maximum Gasteiger partial charge on any atom is 0.424 e. The van der Waals surface area contributed by atoms with E-state index in [1.165, 1.54) is 4.31 Å². The molecule has 0 radical (unpaired) electrons. The van der Waals surface area contributed by atoms with Gasteiger partial charge in [0.2, 0.25) is 0 Å². The Morgan fingerprint density at radius 3 is 2.25 bits per heavy atom. The van der Waals surface area contributed by atoms with Crippen LogP contribution in [0.1, 0.15) is 53.5 Å². The number of nitrogens with one attached hydrogen (secondary N) is 1. The van der Waals surface area contributed by atoms with Gasteiger partial charge < -0.3 is 14.8 Å². The smallest absolute Gasteiger partial charge is 0.424 e. The van der Waals surface area contributed by atoms with Gasteiger partial charge in [-0.1, -0.05) is 51.1 Å². The largest absolute Gasteiger partial charge is 0.444 e. The minimum Gasteiger partial charge on any atom is -0.444 e. The van der Waals surface area contributed by atoms with Gasteiger partial charge in [-0.2, -0.15) is 17.0 Å². The van der Waals surface area contributed by atoms with Crippen LogP contribution < -0.4 is 5.32 Å². The van der Waals surface area contributed by atoms with E-state index < -0.39 is 39.5 Å². The Balaban J connectivity index is 2.10. The molecule has 1 atom stereocenters. The van der Waals surface area contributed by atoms with Gasteiger partial charge in [-0.05, 0) is 38.2 Å². The monoisotopic (exact) mass is 469 g/mol. The van der Waals surface area contributed by atoms with E-state index in [1.54, 1.807) is 32.9 Å². The van der Waals surface area contributed by atoms with Crippen LogP contribution in [-0.4, -0.2) is 60.5 Å². The molecule has 1 heterocycles. The Morgan fingerprint density at radius 1 is 1.06 bits per heavy atom. The SMILES string of the molecule is CC(C)(C)OC(=O)N[C@@H](CN1CCCN(C(=O)OCc2ccccc2)S1(=O)=O)C(C)(C)C. The van der Waals surface area contributed by atoms with Gasteiger partial charge >= 0.3 is 22.4 Å². The van der Waals surface area contributed by atoms with E-state index in [2.05, 4.69) is 5.32 Å². The summed E-state index contributed by atoms with van der Waals surface area (Å²) in [5.41, 5.74) is -0.368. The van der Waals surface area contributed by atoms with Gasteiger partial charge in [-0.25, -0.2) is 9.59 Å². The first-order valence-corrected chi connectivity index (χ1v) is 12.1. The molecule has 0 aromatic heterocycles. The molecule has 9 nitrogen and oxygen atoms in total. The second-order valence-electron chi connectivity index (χ2n) is 9.90. The Labute approximate surface area is 191 Å². The van der Waals surface area contributed by atoms with E-state index in [0.717, 1.165) is 9.87 Å². The average molecular weight is 470 g/mol. The molecule has 1 N–H and O–H groups in total. The van der Waals surface area contributed by atoms with E-state index in [0.29, 0.717) is 6.42 Å². The predicted octanol–water partition coefficient (Wildman–Crippen LogP) is 3.52. The number of alkyl carbamates (subject to hydrolysis) is 1. The van der Waals surface area contributed by atoms with Gasteiger partial charge in [-0.15, -0.1) is 0 Å². The number of hydrogen-bond donors (Lipinski definition) is 1. The second kappa shape index (κ2) is 10.1. The van der Waals surface area contributed by atoms with Crippen molar-refractivity contribution in [2.45, 2.75) is 66.2 Å². The van der Waals surface area contributed by atoms with E-state index in [1.807, 2.05) is 39.0 Å². The predicted molar refractivity (Wildman–Crippen MR) is 121 cm³/mol. The van der Waals surface area contributed by atoms with E-state index in [-0.39, 0.29) is 26.2 Å². The molecular weight excluding hydrogens is 434 g/mol. The van der Waals surface area contributed by atoms with Crippen LogP contribution in [0.3, 0.4) is 0 Å². The number of hydrogen-bond acceptors (Lipinski definition) is 6. The Morgan fingerprint density at radius 2 is 1.69 bits per heavy atom. The Bertz CT molecular complexity index is 890. The highest BCUT2D eigenvalue weighted by molar-refractivity contribution is 7.87. The standard InChI is InChI=1S/C22H35N3O6S/c1-21(2,3)18(23-19(26)31-22(4,5)6)15-24-13-10-14-25(32(24,28)29)20(27)30-16-17-11-8-7-9-12-17/h7-9,11-12,18H,10,13-16H2,1-6H3,(H,23,26)/t18-/m0/s1. The molecule has 0 bridgehead atoms. The van der Waals surface area contributed by atoms with Crippen molar-refractivity contribution in [1.82, 2.24) is 13.9 Å². The molecule has 0 aliphatic carbocycles. The summed E-state index contributed by atoms with van der Waals surface area (Å²) in [5, 5.41) is 2.79. The molecule has 1 aliphatic rings. The molecule has 0 saturated carbocycles. The molecule has 2 amide bonds. The molecule has 2 rings (SSSR count). The average Bonchev–Trinajstić information content (AvgIpc) is 2.65. The summed E-state index contributed by atoms with van der Waals surface area (Å²) < 4.78 is 38.8. The fourth-order valence-corrected chi connectivity index (χ4v) is 4.69. The fourth-order valence-electron chi connectivity index (χ4n) is 3.11. The first-order chi connectivity index (χ1) is 14.7. The van der Waals surface area contributed by atoms with Crippen LogP contribution in [0.2, 0.25) is 0 Å². The van der Waals surface area contributed by atoms with Crippen molar-refractivity contribution in [2.75, 3.05) is 19.6 Å². The van der Waals surface area contributed by atoms with Gasteiger partial charge in [0.1, 0.15) is 12.2 Å². The topological polar surface area (TPSA) is 105 Å². The van der Waals surface area contributed by atoms with Gasteiger partial charge in [0.05, 0.1) is 6.04 Å². The van der Waals surface area contributed by atoms with Gasteiger partial charge in [0.25, 0.3) is 0 Å². The lowest BCUT2D eigenvalue weighted by atomic mass is 9.86. The maximum atomic E-state index is 13.1. The molecule has 10 heteroatoms. The third-order valence-electron chi connectivity index (χ3n) is 4.90. The van der Waals surface area contributed by atoms with Crippen molar-refractivity contribution in [1.29, 1.82) is 0 Å². The third-order valence-corrected chi connectivity index (χ3v) is 6.78. The number of benzene rings is 1. The lowest BCUT2D eigenvalue weighted by molar-refractivity contribution is 0.0448. The van der Waals surface area contributed by atoms with E-state index in [9.17, 15) is 18.0 Å². The summed E-state index contributed by atoms with van der Waals surface area (Å²) in [5.74, 6) is 0. The number of amides is 2. The minimum absolute atomic E-state index is 0.00748. The molecule has 180 valence electrons. The van der Waals surface area contributed by atoms with Crippen molar-refractivity contribution in [3.8, 4) is 0 Å². The summed E-state index contributed by atoms with van der Waals surface area (Å²) in [4.78, 5) is 24.9. The van der Waals surface area contributed by atoms with Gasteiger partial charge in [0.15, 0.2) is 0 Å². The zero-order valence-electron chi connectivity index (χ0n) is 19.8. The molecule has 1 saturated heterocycles. The lowest BCUT2D eigenvalue weighted by Gasteiger charge is -2.39. The highest BCUT2D eigenvalue weighted by atomic mass is 32.2. The van der Waals surface area contributed by atoms with Gasteiger partial charge in [-0.3, -0.25) is 0 Å².